The molecule has 6 aromatic carbocycles. The molecule has 2 nitrogen and oxygen atoms in total. The molecule has 41 heavy (non-hydrogen) atoms. The van der Waals surface area contributed by atoms with E-state index in [1.54, 1.807) is 0 Å². The first kappa shape index (κ1) is 21.7. The Bertz CT molecular complexity index is 2690. The molecule has 4 heterocycles. The Labute approximate surface area is 238 Å². The van der Waals surface area contributed by atoms with Crippen LogP contribution in [-0.2, 0) is 0 Å². The molecule has 0 bridgehead atoms. The Kier molecular flexibility index (Phi) is 4.10. The molecular formula is C38H22N2S. The topological polar surface area (TPSA) is 9.34 Å². The van der Waals surface area contributed by atoms with Gasteiger partial charge in [0.05, 0.1) is 22.1 Å². The van der Waals surface area contributed by atoms with Crippen LogP contribution < -0.4 is 0 Å². The Hall–Kier alpha value is -5.12. The van der Waals surface area contributed by atoms with Gasteiger partial charge >= 0.3 is 0 Å². The number of rotatable bonds is 1. The van der Waals surface area contributed by atoms with Gasteiger partial charge < -0.3 is 8.97 Å². The first-order chi connectivity index (χ1) is 20.4. The minimum absolute atomic E-state index is 1.18. The zero-order valence-corrected chi connectivity index (χ0v) is 22.8. The SMILES string of the molecule is c1ccc(-n2c3ccccc3c3ccc4c5ccc6sc7ccccc7c6c5c5c6ccccc6cn5c4c32)cc1. The van der Waals surface area contributed by atoms with Gasteiger partial charge in [-0.2, -0.15) is 0 Å². The van der Waals surface area contributed by atoms with Gasteiger partial charge in [0.1, 0.15) is 0 Å². The maximum atomic E-state index is 2.49. The first-order valence-corrected chi connectivity index (χ1v) is 14.9. The Morgan fingerprint density at radius 3 is 1.98 bits per heavy atom. The van der Waals surface area contributed by atoms with Gasteiger partial charge in [0.15, 0.2) is 0 Å². The quantitative estimate of drug-likeness (QED) is 0.184. The highest BCUT2D eigenvalue weighted by atomic mass is 32.1. The minimum atomic E-state index is 1.18. The maximum Gasteiger partial charge on any atom is 0.0788 e. The van der Waals surface area contributed by atoms with Crippen LogP contribution in [0.3, 0.4) is 0 Å². The van der Waals surface area contributed by atoms with Crippen LogP contribution in [0.25, 0.3) is 85.6 Å². The summed E-state index contributed by atoms with van der Waals surface area (Å²) in [5, 5.41) is 11.7. The average Bonchev–Trinajstić information content (AvgIpc) is 3.71. The second-order valence-electron chi connectivity index (χ2n) is 10.9. The van der Waals surface area contributed by atoms with E-state index in [-0.39, 0.29) is 0 Å². The molecule has 0 amide bonds. The van der Waals surface area contributed by atoms with Crippen molar-refractivity contribution in [1.29, 1.82) is 0 Å². The van der Waals surface area contributed by atoms with E-state index >= 15 is 0 Å². The third kappa shape index (κ3) is 2.71. The van der Waals surface area contributed by atoms with Gasteiger partial charge in [-0.25, -0.2) is 0 Å². The first-order valence-electron chi connectivity index (χ1n) is 14.0. The highest BCUT2D eigenvalue weighted by molar-refractivity contribution is 7.26. The molecule has 0 unspecified atom stereocenters. The summed E-state index contributed by atoms with van der Waals surface area (Å²) in [5.41, 5.74) is 6.19. The van der Waals surface area contributed by atoms with Crippen LogP contribution in [0.15, 0.2) is 134 Å². The number of hydrogen-bond acceptors (Lipinski definition) is 1. The summed E-state index contributed by atoms with van der Waals surface area (Å²) in [6.45, 7) is 0. The molecule has 0 aliphatic carbocycles. The lowest BCUT2D eigenvalue weighted by Gasteiger charge is -2.15. The van der Waals surface area contributed by atoms with Crippen molar-refractivity contribution in [2.45, 2.75) is 0 Å². The summed E-state index contributed by atoms with van der Waals surface area (Å²) in [5.74, 6) is 0. The fraction of sp³-hybridized carbons (Fsp3) is 0. The van der Waals surface area contributed by atoms with E-state index in [1.165, 1.54) is 85.6 Å². The second-order valence-corrected chi connectivity index (χ2v) is 12.0. The molecule has 0 saturated carbocycles. The van der Waals surface area contributed by atoms with Crippen LogP contribution in [0.5, 0.6) is 0 Å². The number of fused-ring (bicyclic) bond motifs is 16. The lowest BCUT2D eigenvalue weighted by atomic mass is 9.98. The molecule has 0 fully saturated rings. The maximum absolute atomic E-state index is 2.49. The van der Waals surface area contributed by atoms with E-state index < -0.39 is 0 Å². The molecule has 10 aromatic rings. The lowest BCUT2D eigenvalue weighted by molar-refractivity contribution is 1.17. The van der Waals surface area contributed by atoms with Gasteiger partial charge in [-0.15, -0.1) is 11.3 Å². The van der Waals surface area contributed by atoms with Crippen LogP contribution >= 0.6 is 11.3 Å². The van der Waals surface area contributed by atoms with Gasteiger partial charge in [0.25, 0.3) is 0 Å². The van der Waals surface area contributed by atoms with Crippen LogP contribution in [-0.4, -0.2) is 8.97 Å². The smallest absolute Gasteiger partial charge is 0.0788 e. The zero-order valence-electron chi connectivity index (χ0n) is 22.0. The third-order valence-electron chi connectivity index (χ3n) is 8.86. The molecule has 3 heteroatoms. The van der Waals surface area contributed by atoms with Crippen LogP contribution in [0.4, 0.5) is 0 Å². The van der Waals surface area contributed by atoms with E-state index in [0.717, 1.165) is 0 Å². The second kappa shape index (κ2) is 7.75. The van der Waals surface area contributed by atoms with Crippen molar-refractivity contribution in [2.24, 2.45) is 0 Å². The monoisotopic (exact) mass is 538 g/mol. The summed E-state index contributed by atoms with van der Waals surface area (Å²) in [6, 6.07) is 46.7. The summed E-state index contributed by atoms with van der Waals surface area (Å²) in [4.78, 5) is 0. The summed E-state index contributed by atoms with van der Waals surface area (Å²) >= 11 is 1.89. The molecule has 0 radical (unpaired) electrons. The number of thiophene rings is 1. The predicted molar refractivity (Wildman–Crippen MR) is 177 cm³/mol. The van der Waals surface area contributed by atoms with Crippen molar-refractivity contribution in [3.05, 3.63) is 134 Å². The van der Waals surface area contributed by atoms with Crippen molar-refractivity contribution in [1.82, 2.24) is 8.97 Å². The van der Waals surface area contributed by atoms with Crippen molar-refractivity contribution in [2.75, 3.05) is 0 Å². The van der Waals surface area contributed by atoms with Crippen molar-refractivity contribution < 1.29 is 0 Å². The van der Waals surface area contributed by atoms with E-state index in [1.807, 2.05) is 11.3 Å². The molecule has 0 saturated heterocycles. The molecule has 10 rings (SSSR count). The average molecular weight is 539 g/mol. The Morgan fingerprint density at radius 2 is 1.10 bits per heavy atom. The van der Waals surface area contributed by atoms with Gasteiger partial charge in [-0.05, 0) is 35.7 Å². The number of nitrogens with zero attached hydrogens (tertiary/aromatic N) is 2. The molecular weight excluding hydrogens is 516 g/mol. The lowest BCUT2D eigenvalue weighted by Crippen LogP contribution is -1.97. The van der Waals surface area contributed by atoms with Crippen LogP contribution in [0.1, 0.15) is 0 Å². The molecule has 4 aromatic heterocycles. The summed E-state index contributed by atoms with van der Waals surface area (Å²) in [6.07, 6.45) is 2.35. The van der Waals surface area contributed by atoms with Crippen molar-refractivity contribution >= 4 is 91.3 Å². The highest BCUT2D eigenvalue weighted by Crippen LogP contribution is 2.46. The fourth-order valence-electron chi connectivity index (χ4n) is 7.22. The van der Waals surface area contributed by atoms with E-state index in [0.29, 0.717) is 0 Å². The number of benzene rings is 6. The summed E-state index contributed by atoms with van der Waals surface area (Å²) < 4.78 is 7.63. The zero-order chi connectivity index (χ0) is 26.7. The number of para-hydroxylation sites is 2. The van der Waals surface area contributed by atoms with Gasteiger partial charge in [0, 0.05) is 64.4 Å². The largest absolute Gasteiger partial charge is 0.313 e. The van der Waals surface area contributed by atoms with Crippen LogP contribution in [0.2, 0.25) is 0 Å². The van der Waals surface area contributed by atoms with E-state index in [9.17, 15) is 0 Å². The fourth-order valence-corrected chi connectivity index (χ4v) is 8.34. The van der Waals surface area contributed by atoms with E-state index in [2.05, 4.69) is 143 Å². The number of aromatic nitrogens is 2. The van der Waals surface area contributed by atoms with Crippen molar-refractivity contribution in [3.63, 3.8) is 0 Å². The van der Waals surface area contributed by atoms with E-state index in [4.69, 9.17) is 0 Å². The Morgan fingerprint density at radius 1 is 0.415 bits per heavy atom. The Balaban J connectivity index is 1.57. The number of pyridine rings is 1. The predicted octanol–water partition coefficient (Wildman–Crippen LogP) is 10.9. The third-order valence-corrected chi connectivity index (χ3v) is 10.00. The highest BCUT2D eigenvalue weighted by Gasteiger charge is 2.22. The normalized spacial score (nSPS) is 12.4. The molecule has 0 atom stereocenters. The van der Waals surface area contributed by atoms with Crippen molar-refractivity contribution in [3.8, 4) is 5.69 Å². The number of hydrogen-bond donors (Lipinski definition) is 0. The standard InChI is InChI=1S/C38H22N2S/c1-2-11-24(12-3-1)40-31-16-8-6-14-26(31)28-18-19-29-27-20-21-33-34(30-15-7-9-17-32(30)41-33)35(27)36-25-13-5-4-10-23(25)22-39(36)37(29)38(28)40/h1-22H. The van der Waals surface area contributed by atoms with Gasteiger partial charge in [-0.1, -0.05) is 97.1 Å². The van der Waals surface area contributed by atoms with Gasteiger partial charge in [-0.3, -0.25) is 0 Å². The van der Waals surface area contributed by atoms with Crippen LogP contribution in [0, 0.1) is 0 Å². The molecule has 0 spiro atoms. The summed E-state index contributed by atoms with van der Waals surface area (Å²) in [7, 11) is 0. The minimum Gasteiger partial charge on any atom is -0.313 e. The molecule has 190 valence electrons. The van der Waals surface area contributed by atoms with Gasteiger partial charge in [0.2, 0.25) is 0 Å². The molecule has 0 aliphatic heterocycles. The molecule has 0 N–H and O–H groups in total. The molecule has 0 aliphatic rings.